The number of hydrogen-bond acceptors (Lipinski definition) is 2. The van der Waals surface area contributed by atoms with Crippen LogP contribution in [0.5, 0.6) is 0 Å². The topological polar surface area (TPSA) is 34.1 Å². The summed E-state index contributed by atoms with van der Waals surface area (Å²) in [5.74, 6) is 0.00210. The molecule has 0 radical (unpaired) electrons. The number of benzene rings is 1. The molecule has 0 fully saturated rings. The first kappa shape index (κ1) is 11.4. The third-order valence-corrected chi connectivity index (χ3v) is 2.42. The van der Waals surface area contributed by atoms with E-state index < -0.39 is 5.24 Å². The van der Waals surface area contributed by atoms with Crippen LogP contribution in [0.2, 0.25) is 0 Å². The van der Waals surface area contributed by atoms with Gasteiger partial charge in [0.1, 0.15) is 5.78 Å². The standard InChI is InChI=1S/C10H8BrClO2/c1-6(13)4-7-5-8(11)2-3-9(7)10(12)14/h2-3,5H,4H2,1H3. The molecule has 1 rings (SSSR count). The summed E-state index contributed by atoms with van der Waals surface area (Å²) >= 11 is 8.65. The third-order valence-electron chi connectivity index (χ3n) is 1.72. The average molecular weight is 276 g/mol. The Hall–Kier alpha value is -0.670. The molecule has 0 N–H and O–H groups in total. The monoisotopic (exact) mass is 274 g/mol. The average Bonchev–Trinajstić information content (AvgIpc) is 2.01. The molecule has 2 nitrogen and oxygen atoms in total. The van der Waals surface area contributed by atoms with Gasteiger partial charge in [-0.15, -0.1) is 0 Å². The van der Waals surface area contributed by atoms with E-state index in [2.05, 4.69) is 15.9 Å². The van der Waals surface area contributed by atoms with Crippen molar-refractivity contribution in [3.63, 3.8) is 0 Å². The van der Waals surface area contributed by atoms with E-state index in [4.69, 9.17) is 11.6 Å². The van der Waals surface area contributed by atoms with Crippen molar-refractivity contribution < 1.29 is 9.59 Å². The van der Waals surface area contributed by atoms with Crippen molar-refractivity contribution in [2.24, 2.45) is 0 Å². The van der Waals surface area contributed by atoms with Crippen LogP contribution in [0.4, 0.5) is 0 Å². The maximum absolute atomic E-state index is 11.0. The van der Waals surface area contributed by atoms with Crippen molar-refractivity contribution in [2.45, 2.75) is 13.3 Å². The van der Waals surface area contributed by atoms with Crippen LogP contribution in [0.3, 0.4) is 0 Å². The lowest BCUT2D eigenvalue weighted by atomic mass is 10.0. The molecule has 0 amide bonds. The Kier molecular flexibility index (Phi) is 3.84. The van der Waals surface area contributed by atoms with Gasteiger partial charge in [0.05, 0.1) is 0 Å². The normalized spacial score (nSPS) is 9.93. The van der Waals surface area contributed by atoms with Gasteiger partial charge in [0.2, 0.25) is 0 Å². The molecule has 1 aromatic rings. The summed E-state index contributed by atoms with van der Waals surface area (Å²) in [5, 5.41) is -0.534. The van der Waals surface area contributed by atoms with E-state index in [9.17, 15) is 9.59 Å². The molecule has 74 valence electrons. The molecule has 0 aliphatic rings. The Morgan fingerprint density at radius 3 is 2.57 bits per heavy atom. The Labute approximate surface area is 95.4 Å². The van der Waals surface area contributed by atoms with Crippen molar-refractivity contribution in [1.82, 2.24) is 0 Å². The highest BCUT2D eigenvalue weighted by atomic mass is 79.9. The quantitative estimate of drug-likeness (QED) is 0.795. The highest BCUT2D eigenvalue weighted by molar-refractivity contribution is 9.10. The van der Waals surface area contributed by atoms with Crippen LogP contribution in [0.25, 0.3) is 0 Å². The zero-order valence-corrected chi connectivity index (χ0v) is 9.85. The summed E-state index contributed by atoms with van der Waals surface area (Å²) < 4.78 is 0.829. The van der Waals surface area contributed by atoms with Crippen LogP contribution >= 0.6 is 27.5 Å². The van der Waals surface area contributed by atoms with Gasteiger partial charge in [0.15, 0.2) is 0 Å². The Morgan fingerprint density at radius 2 is 2.07 bits per heavy atom. The van der Waals surface area contributed by atoms with Crippen LogP contribution in [0.1, 0.15) is 22.8 Å². The molecule has 0 aliphatic carbocycles. The number of carbonyl (C=O) groups excluding carboxylic acids is 2. The highest BCUT2D eigenvalue weighted by Crippen LogP contribution is 2.19. The molecule has 0 aliphatic heterocycles. The number of rotatable bonds is 3. The SMILES string of the molecule is CC(=O)Cc1cc(Br)ccc1C(=O)Cl. The molecule has 0 saturated carbocycles. The molecule has 14 heavy (non-hydrogen) atoms. The number of ketones is 1. The van der Waals surface area contributed by atoms with E-state index >= 15 is 0 Å². The zero-order valence-electron chi connectivity index (χ0n) is 7.51. The molecule has 0 unspecified atom stereocenters. The lowest BCUT2D eigenvalue weighted by Gasteiger charge is -2.04. The molecule has 0 saturated heterocycles. The Balaban J connectivity index is 3.15. The van der Waals surface area contributed by atoms with E-state index in [-0.39, 0.29) is 12.2 Å². The number of halogens is 2. The van der Waals surface area contributed by atoms with Gasteiger partial charge in [-0.05, 0) is 42.3 Å². The second-order valence-electron chi connectivity index (χ2n) is 2.95. The van der Waals surface area contributed by atoms with Crippen LogP contribution in [0, 0.1) is 0 Å². The third kappa shape index (κ3) is 2.93. The minimum atomic E-state index is -0.534. The summed E-state index contributed by atoms with van der Waals surface area (Å²) in [7, 11) is 0. The summed E-state index contributed by atoms with van der Waals surface area (Å²) in [4.78, 5) is 21.9. The highest BCUT2D eigenvalue weighted by Gasteiger charge is 2.10. The summed E-state index contributed by atoms with van der Waals surface area (Å²) in [6.07, 6.45) is 0.229. The minimum Gasteiger partial charge on any atom is -0.300 e. The minimum absolute atomic E-state index is 0.00210. The van der Waals surface area contributed by atoms with E-state index in [1.165, 1.54) is 6.92 Å². The number of hydrogen-bond donors (Lipinski definition) is 0. The summed E-state index contributed by atoms with van der Waals surface area (Å²) in [6.45, 7) is 1.48. The van der Waals surface area contributed by atoms with E-state index in [0.29, 0.717) is 11.1 Å². The van der Waals surface area contributed by atoms with Gasteiger partial charge in [0, 0.05) is 16.5 Å². The number of Topliss-reactive ketones (excluding diaryl/α,β-unsaturated/α-hetero) is 1. The fourth-order valence-electron chi connectivity index (χ4n) is 1.17. The second kappa shape index (κ2) is 4.71. The molecule has 1 aromatic carbocycles. The van der Waals surface area contributed by atoms with E-state index in [1.807, 2.05) is 0 Å². The maximum atomic E-state index is 11.0. The van der Waals surface area contributed by atoms with E-state index in [1.54, 1.807) is 18.2 Å². The molecule has 4 heteroatoms. The Bertz CT molecular complexity index is 388. The van der Waals surface area contributed by atoms with Crippen molar-refractivity contribution in [3.05, 3.63) is 33.8 Å². The Morgan fingerprint density at radius 1 is 1.43 bits per heavy atom. The van der Waals surface area contributed by atoms with Gasteiger partial charge >= 0.3 is 0 Å². The van der Waals surface area contributed by atoms with Gasteiger partial charge in [-0.3, -0.25) is 9.59 Å². The summed E-state index contributed by atoms with van der Waals surface area (Å²) in [6, 6.07) is 5.06. The predicted octanol–water partition coefficient (Wildman–Crippen LogP) is 2.96. The molecule has 0 spiro atoms. The van der Waals surface area contributed by atoms with Gasteiger partial charge in [0.25, 0.3) is 5.24 Å². The largest absolute Gasteiger partial charge is 0.300 e. The van der Waals surface area contributed by atoms with Gasteiger partial charge in [-0.2, -0.15) is 0 Å². The van der Waals surface area contributed by atoms with Crippen LogP contribution in [0.15, 0.2) is 22.7 Å². The first-order valence-electron chi connectivity index (χ1n) is 3.98. The van der Waals surface area contributed by atoms with Gasteiger partial charge < -0.3 is 0 Å². The lowest BCUT2D eigenvalue weighted by Crippen LogP contribution is -2.03. The fourth-order valence-corrected chi connectivity index (χ4v) is 1.76. The molecule has 0 bridgehead atoms. The second-order valence-corrected chi connectivity index (χ2v) is 4.21. The first-order valence-corrected chi connectivity index (χ1v) is 5.15. The number of carbonyl (C=O) groups is 2. The van der Waals surface area contributed by atoms with Crippen molar-refractivity contribution in [2.75, 3.05) is 0 Å². The maximum Gasteiger partial charge on any atom is 0.252 e. The van der Waals surface area contributed by atoms with Crippen molar-refractivity contribution >= 4 is 38.6 Å². The fraction of sp³-hybridized carbons (Fsp3) is 0.200. The van der Waals surface area contributed by atoms with Gasteiger partial charge in [-0.1, -0.05) is 15.9 Å². The van der Waals surface area contributed by atoms with Crippen LogP contribution in [-0.4, -0.2) is 11.0 Å². The van der Waals surface area contributed by atoms with E-state index in [0.717, 1.165) is 4.47 Å². The first-order chi connectivity index (χ1) is 6.50. The van der Waals surface area contributed by atoms with Crippen molar-refractivity contribution in [1.29, 1.82) is 0 Å². The van der Waals surface area contributed by atoms with Crippen LogP contribution in [-0.2, 0) is 11.2 Å². The zero-order chi connectivity index (χ0) is 10.7. The lowest BCUT2D eigenvalue weighted by molar-refractivity contribution is -0.116. The predicted molar refractivity (Wildman–Crippen MR) is 58.7 cm³/mol. The smallest absolute Gasteiger partial charge is 0.252 e. The molecule has 0 atom stereocenters. The van der Waals surface area contributed by atoms with Gasteiger partial charge in [-0.25, -0.2) is 0 Å². The van der Waals surface area contributed by atoms with Crippen molar-refractivity contribution in [3.8, 4) is 0 Å². The molecule has 0 aromatic heterocycles. The molecular weight excluding hydrogens is 267 g/mol. The van der Waals surface area contributed by atoms with Crippen LogP contribution < -0.4 is 0 Å². The molecule has 0 heterocycles. The summed E-state index contributed by atoms with van der Waals surface area (Å²) in [5.41, 5.74) is 1.05. The molecular formula is C10H8BrClO2.